The van der Waals surface area contributed by atoms with Crippen LogP contribution in [0.4, 0.5) is 4.39 Å². The van der Waals surface area contributed by atoms with Crippen molar-refractivity contribution in [3.63, 3.8) is 0 Å². The first kappa shape index (κ1) is 33.1. The van der Waals surface area contributed by atoms with Gasteiger partial charge in [-0.3, -0.25) is 4.39 Å². The summed E-state index contributed by atoms with van der Waals surface area (Å²) in [5.41, 5.74) is 10.5. The molecule has 7 rings (SSSR count). The quantitative estimate of drug-likeness (QED) is 0.132. The van der Waals surface area contributed by atoms with Gasteiger partial charge < -0.3 is 14.4 Å². The van der Waals surface area contributed by atoms with E-state index < -0.39 is 8.07 Å². The number of aryl methyl sites for hydroxylation is 3. The second-order valence-electron chi connectivity index (χ2n) is 12.5. The molecule has 233 valence electrons. The number of furan rings is 1. The third-order valence-electron chi connectivity index (χ3n) is 8.00. The maximum Gasteiger partial charge on any atom is 0.121 e. The van der Waals surface area contributed by atoms with Crippen LogP contribution in [0.1, 0.15) is 16.7 Å². The Balaban J connectivity index is 0.000000209. The number of hydrogen-bond acceptors (Lipinski definition) is 3. The predicted molar refractivity (Wildman–Crippen MR) is 187 cm³/mol. The van der Waals surface area contributed by atoms with Crippen molar-refractivity contribution in [3.05, 3.63) is 138 Å². The molecule has 7 aromatic rings. The third-order valence-corrected chi connectivity index (χ3v) is 10.0. The van der Waals surface area contributed by atoms with Gasteiger partial charge in [0.1, 0.15) is 5.58 Å². The monoisotopic (exact) mass is 799 g/mol. The van der Waals surface area contributed by atoms with Crippen LogP contribution in [0.2, 0.25) is 19.6 Å². The molecule has 3 heterocycles. The van der Waals surface area contributed by atoms with Crippen LogP contribution < -0.4 is 5.19 Å². The molecular formula is C40H35FIrN2OSi-2. The van der Waals surface area contributed by atoms with E-state index in [9.17, 15) is 4.39 Å². The van der Waals surface area contributed by atoms with Crippen LogP contribution >= 0.6 is 0 Å². The van der Waals surface area contributed by atoms with Crippen LogP contribution in [0.25, 0.3) is 55.6 Å². The molecular weight excluding hydrogens is 764 g/mol. The van der Waals surface area contributed by atoms with Gasteiger partial charge in [0.15, 0.2) is 0 Å². The van der Waals surface area contributed by atoms with Crippen LogP contribution in [0.5, 0.6) is 0 Å². The largest absolute Gasteiger partial charge is 0.500 e. The van der Waals surface area contributed by atoms with E-state index in [2.05, 4.69) is 86.8 Å². The van der Waals surface area contributed by atoms with Crippen LogP contribution in [-0.2, 0) is 20.1 Å². The Hall–Kier alpha value is -4.22. The molecule has 0 aliphatic carbocycles. The minimum atomic E-state index is -1.23. The zero-order valence-electron chi connectivity index (χ0n) is 26.8. The summed E-state index contributed by atoms with van der Waals surface area (Å²) >= 11 is 0. The minimum absolute atomic E-state index is 0. The Morgan fingerprint density at radius 2 is 1.52 bits per heavy atom. The molecule has 0 atom stereocenters. The van der Waals surface area contributed by atoms with Crippen molar-refractivity contribution in [2.24, 2.45) is 0 Å². The number of para-hydroxylation sites is 1. The average Bonchev–Trinajstić information content (AvgIpc) is 3.42. The van der Waals surface area contributed by atoms with E-state index in [0.717, 1.165) is 22.2 Å². The van der Waals surface area contributed by atoms with E-state index in [4.69, 9.17) is 4.42 Å². The summed E-state index contributed by atoms with van der Waals surface area (Å²) in [6, 6.07) is 35.7. The second-order valence-corrected chi connectivity index (χ2v) is 17.6. The number of benzene rings is 4. The molecule has 0 amide bonds. The standard InChI is InChI=1S/C26H19FNO.C14H16NSi.Ir/c1-15-12-16(2)24(17(3)13-15)18-10-11-28-22(14-18)19-8-9-21(27)25-20-6-4-5-7-23(20)29-26(19)25;1-16(2,3)13-9-10-14(15-11-13)12-7-5-4-6-8-12;/h4-7,9-14H,1-3H3;4-7,9-11H,1-3H3;/q2*-1;. The molecule has 3 nitrogen and oxygen atoms in total. The summed E-state index contributed by atoms with van der Waals surface area (Å²) in [6.45, 7) is 13.3. The fourth-order valence-electron chi connectivity index (χ4n) is 5.83. The van der Waals surface area contributed by atoms with Gasteiger partial charge in [0.2, 0.25) is 0 Å². The molecule has 0 unspecified atom stereocenters. The van der Waals surface area contributed by atoms with E-state index in [0.29, 0.717) is 27.8 Å². The molecule has 46 heavy (non-hydrogen) atoms. The minimum Gasteiger partial charge on any atom is -0.500 e. The topological polar surface area (TPSA) is 38.9 Å². The van der Waals surface area contributed by atoms with Gasteiger partial charge >= 0.3 is 0 Å². The van der Waals surface area contributed by atoms with Gasteiger partial charge in [0.05, 0.1) is 13.7 Å². The number of aromatic nitrogens is 2. The van der Waals surface area contributed by atoms with Crippen molar-refractivity contribution in [1.29, 1.82) is 0 Å². The zero-order valence-corrected chi connectivity index (χ0v) is 30.2. The summed E-state index contributed by atoms with van der Waals surface area (Å²) in [7, 11) is -1.23. The van der Waals surface area contributed by atoms with Crippen molar-refractivity contribution in [1.82, 2.24) is 9.97 Å². The van der Waals surface area contributed by atoms with E-state index >= 15 is 0 Å². The number of halogens is 1. The summed E-state index contributed by atoms with van der Waals surface area (Å²) in [6.07, 6.45) is 3.80. The molecule has 6 heteroatoms. The maximum absolute atomic E-state index is 14.6. The molecule has 0 aliphatic heterocycles. The molecule has 4 aromatic carbocycles. The third kappa shape index (κ3) is 6.80. The Morgan fingerprint density at radius 1 is 0.783 bits per heavy atom. The van der Waals surface area contributed by atoms with Crippen LogP contribution in [-0.4, -0.2) is 18.0 Å². The van der Waals surface area contributed by atoms with Gasteiger partial charge in [-0.05, 0) is 77.1 Å². The number of nitrogens with zero attached hydrogens (tertiary/aromatic N) is 2. The number of fused-ring (bicyclic) bond motifs is 3. The summed E-state index contributed by atoms with van der Waals surface area (Å²) in [4.78, 5) is 9.07. The summed E-state index contributed by atoms with van der Waals surface area (Å²) in [5.74, 6) is -0.338. The molecule has 0 fully saturated rings. The first-order chi connectivity index (χ1) is 21.6. The van der Waals surface area contributed by atoms with Gasteiger partial charge in [-0.2, -0.15) is 0 Å². The van der Waals surface area contributed by atoms with Crippen LogP contribution in [0, 0.1) is 38.7 Å². The number of pyridine rings is 2. The predicted octanol–water partition coefficient (Wildman–Crippen LogP) is 10.3. The van der Waals surface area contributed by atoms with Crippen molar-refractivity contribution >= 4 is 35.2 Å². The molecule has 0 saturated carbocycles. The summed E-state index contributed by atoms with van der Waals surface area (Å²) < 4.78 is 20.6. The summed E-state index contributed by atoms with van der Waals surface area (Å²) in [5, 5.41) is 2.63. The molecule has 0 aliphatic rings. The normalized spacial score (nSPS) is 11.2. The molecule has 0 N–H and O–H groups in total. The number of hydrogen-bond donors (Lipinski definition) is 0. The Labute approximate surface area is 284 Å². The Kier molecular flexibility index (Phi) is 9.83. The van der Waals surface area contributed by atoms with E-state index in [1.807, 2.05) is 66.9 Å². The van der Waals surface area contributed by atoms with Gasteiger partial charge in [-0.15, -0.1) is 48.0 Å². The molecule has 3 aromatic heterocycles. The van der Waals surface area contributed by atoms with E-state index in [1.165, 1.54) is 33.5 Å². The average molecular weight is 799 g/mol. The molecule has 1 radical (unpaired) electrons. The van der Waals surface area contributed by atoms with Gasteiger partial charge in [0.25, 0.3) is 0 Å². The van der Waals surface area contributed by atoms with Crippen molar-refractivity contribution in [3.8, 4) is 33.6 Å². The zero-order chi connectivity index (χ0) is 31.7. The number of rotatable bonds is 4. The van der Waals surface area contributed by atoms with Gasteiger partial charge in [-0.1, -0.05) is 79.3 Å². The molecule has 0 spiro atoms. The maximum atomic E-state index is 14.6. The Morgan fingerprint density at radius 3 is 2.20 bits per heavy atom. The van der Waals surface area contributed by atoms with E-state index in [-0.39, 0.29) is 25.9 Å². The smallest absolute Gasteiger partial charge is 0.121 e. The SMILES string of the molecule is C[Si](C)(C)c1ccc(-c2[c-]cccc2)nc1.Cc1cc(C)c(-c2ccnc(-c3[c-]cc(F)c4c3oc3ccccc34)c2)c(C)c1.[Ir]. The van der Waals surface area contributed by atoms with Gasteiger partial charge in [-0.25, -0.2) is 0 Å². The fraction of sp³-hybridized carbons (Fsp3) is 0.150. The first-order valence-electron chi connectivity index (χ1n) is 15.1. The van der Waals surface area contributed by atoms with Crippen molar-refractivity contribution in [2.75, 3.05) is 0 Å². The second kappa shape index (κ2) is 13.6. The van der Waals surface area contributed by atoms with Gasteiger partial charge in [0, 0.05) is 43.7 Å². The van der Waals surface area contributed by atoms with Crippen LogP contribution in [0.3, 0.4) is 0 Å². The van der Waals surface area contributed by atoms with Crippen LogP contribution in [0.15, 0.2) is 108 Å². The Bertz CT molecular complexity index is 2110. The van der Waals surface area contributed by atoms with Crippen molar-refractivity contribution < 1.29 is 28.9 Å². The molecule has 0 bridgehead atoms. The van der Waals surface area contributed by atoms with Crippen molar-refractivity contribution in [2.45, 2.75) is 40.4 Å². The van der Waals surface area contributed by atoms with E-state index in [1.54, 1.807) is 6.20 Å². The molecule has 0 saturated heterocycles. The first-order valence-corrected chi connectivity index (χ1v) is 18.6. The fourth-order valence-corrected chi connectivity index (χ4v) is 6.86.